The predicted molar refractivity (Wildman–Crippen MR) is 145 cm³/mol. The molecule has 0 aromatic heterocycles. The lowest BCUT2D eigenvalue weighted by Crippen LogP contribution is -2.65. The lowest BCUT2D eigenvalue weighted by molar-refractivity contribution is 0.194. The van der Waals surface area contributed by atoms with E-state index in [1.807, 2.05) is 0 Å². The van der Waals surface area contributed by atoms with Crippen LogP contribution in [0.3, 0.4) is 0 Å². The Kier molecular flexibility index (Phi) is 10.7. The van der Waals surface area contributed by atoms with Crippen LogP contribution < -0.4 is 0 Å². The molecule has 6 nitrogen and oxygen atoms in total. The van der Waals surface area contributed by atoms with E-state index in [0.717, 1.165) is 0 Å². The van der Waals surface area contributed by atoms with Gasteiger partial charge in [0.15, 0.2) is 25.0 Å². The third-order valence-corrected chi connectivity index (χ3v) is 26.7. The van der Waals surface area contributed by atoms with Crippen molar-refractivity contribution in [3.63, 3.8) is 0 Å². The summed E-state index contributed by atoms with van der Waals surface area (Å²) in [5.41, 5.74) is 0. The Morgan fingerprint density at radius 3 is 0.733 bits per heavy atom. The van der Waals surface area contributed by atoms with E-state index >= 15 is 0 Å². The molecule has 181 valence electrons. The maximum atomic E-state index is 6.78. The lowest BCUT2D eigenvalue weighted by atomic mass is 11.0. The lowest BCUT2D eigenvalue weighted by Gasteiger charge is -2.46. The maximum Gasteiger partial charge on any atom is 0.474 e. The largest absolute Gasteiger partial charge is 0.474 e. The standard InChI is InChI=1S/C17H49O6Si7/c1-17-30(21-27(11,12)18-24(2,3)4,22-28(13,14)19-25(5,6)7)23-29(15,16)20-26(8,9)10/h1,17H2,2-16H3. The van der Waals surface area contributed by atoms with Crippen molar-refractivity contribution in [2.45, 2.75) is 104 Å². The van der Waals surface area contributed by atoms with Crippen LogP contribution in [0.1, 0.15) is 0 Å². The highest BCUT2D eigenvalue weighted by Crippen LogP contribution is 2.32. The van der Waals surface area contributed by atoms with E-state index in [1.165, 1.54) is 0 Å². The molecular weight excluding hydrogens is 497 g/mol. The van der Waals surface area contributed by atoms with E-state index in [2.05, 4.69) is 105 Å². The third-order valence-electron chi connectivity index (χ3n) is 3.17. The fourth-order valence-electron chi connectivity index (χ4n) is 3.61. The highest BCUT2D eigenvalue weighted by molar-refractivity contribution is 6.92. The fourth-order valence-corrected chi connectivity index (χ4v) is 34.8. The second-order valence-electron chi connectivity index (χ2n) is 12.1. The van der Waals surface area contributed by atoms with Crippen LogP contribution in [0.2, 0.25) is 104 Å². The molecule has 0 heterocycles. The quantitative estimate of drug-likeness (QED) is 0.247. The Bertz CT molecular complexity index is 476. The Morgan fingerprint density at radius 2 is 0.600 bits per heavy atom. The fraction of sp³-hybridized carbons (Fsp3) is 0.941. The van der Waals surface area contributed by atoms with E-state index in [4.69, 9.17) is 24.7 Å². The van der Waals surface area contributed by atoms with Crippen LogP contribution in [0.15, 0.2) is 0 Å². The van der Waals surface area contributed by atoms with Gasteiger partial charge in [-0.2, -0.15) is 0 Å². The summed E-state index contributed by atoms with van der Waals surface area (Å²) in [6.07, 6.45) is 0. The first kappa shape index (κ1) is 31.3. The molecule has 0 amide bonds. The topological polar surface area (TPSA) is 55.4 Å². The number of hydrogen-bond donors (Lipinski definition) is 0. The summed E-state index contributed by atoms with van der Waals surface area (Å²) in [5.74, 6) is 0. The number of rotatable bonds is 13. The predicted octanol–water partition coefficient (Wildman–Crippen LogP) is 6.47. The normalized spacial score (nSPS) is 15.6. The molecule has 0 aliphatic rings. The van der Waals surface area contributed by atoms with Crippen LogP contribution in [0.5, 0.6) is 0 Å². The first-order valence-electron chi connectivity index (χ1n) is 10.8. The van der Waals surface area contributed by atoms with E-state index in [1.54, 1.807) is 0 Å². The van der Waals surface area contributed by atoms with Crippen LogP contribution in [-0.2, 0) is 24.7 Å². The van der Waals surface area contributed by atoms with Crippen molar-refractivity contribution in [1.82, 2.24) is 0 Å². The van der Waals surface area contributed by atoms with Gasteiger partial charge in [-0.15, -0.1) is 0 Å². The van der Waals surface area contributed by atoms with Gasteiger partial charge >= 0.3 is 34.5 Å². The highest BCUT2D eigenvalue weighted by Gasteiger charge is 2.55. The summed E-state index contributed by atoms with van der Waals surface area (Å²) in [5, 5.41) is 0. The molecule has 0 atom stereocenters. The molecule has 0 saturated heterocycles. The van der Waals surface area contributed by atoms with Gasteiger partial charge in [-0.3, -0.25) is 0 Å². The monoisotopic (exact) mass is 545 g/mol. The van der Waals surface area contributed by atoms with Gasteiger partial charge < -0.3 is 24.7 Å². The molecule has 0 aromatic rings. The Morgan fingerprint density at radius 1 is 0.400 bits per heavy atom. The first-order valence-corrected chi connectivity index (χ1v) is 31.4. The van der Waals surface area contributed by atoms with Crippen LogP contribution in [0.4, 0.5) is 0 Å². The smallest absolute Gasteiger partial charge is 0.437 e. The Balaban J connectivity index is 6.08. The second-order valence-corrected chi connectivity index (χ2v) is 39.9. The van der Waals surface area contributed by atoms with E-state index in [-0.39, 0.29) is 0 Å². The van der Waals surface area contributed by atoms with Crippen LogP contribution in [0, 0.1) is 6.92 Å². The summed E-state index contributed by atoms with van der Waals surface area (Å²) < 4.78 is 39.8. The molecule has 0 aliphatic carbocycles. The molecule has 0 unspecified atom stereocenters. The molecule has 0 rings (SSSR count). The molecule has 0 aromatic carbocycles. The van der Waals surface area contributed by atoms with Gasteiger partial charge in [0.2, 0.25) is 0 Å². The molecule has 1 radical (unpaired) electrons. The molecule has 0 bridgehead atoms. The molecule has 0 aliphatic heterocycles. The van der Waals surface area contributed by atoms with Gasteiger partial charge in [0.1, 0.15) is 0 Å². The zero-order valence-electron chi connectivity index (χ0n) is 22.4. The van der Waals surface area contributed by atoms with Crippen molar-refractivity contribution in [1.29, 1.82) is 0 Å². The van der Waals surface area contributed by atoms with Crippen molar-refractivity contribution in [3.05, 3.63) is 6.92 Å². The van der Waals surface area contributed by atoms with E-state index < -0.39 is 59.4 Å². The zero-order chi connectivity index (χ0) is 24.4. The summed E-state index contributed by atoms with van der Waals surface area (Å²) in [7, 11) is -16.2. The van der Waals surface area contributed by atoms with Gasteiger partial charge in [-0.05, 0) is 105 Å². The van der Waals surface area contributed by atoms with Crippen molar-refractivity contribution >= 4 is 59.4 Å². The van der Waals surface area contributed by atoms with Crippen molar-refractivity contribution in [2.24, 2.45) is 0 Å². The molecule has 13 heteroatoms. The van der Waals surface area contributed by atoms with E-state index in [9.17, 15) is 0 Å². The third kappa shape index (κ3) is 14.4. The average Bonchev–Trinajstić information content (AvgIpc) is 2.25. The van der Waals surface area contributed by atoms with Crippen LogP contribution >= 0.6 is 0 Å². The minimum absolute atomic E-state index is 0.426. The van der Waals surface area contributed by atoms with Crippen LogP contribution in [0.25, 0.3) is 0 Å². The maximum absolute atomic E-state index is 6.78. The van der Waals surface area contributed by atoms with E-state index in [0.29, 0.717) is 6.04 Å². The average molecular weight is 546 g/mol. The Labute approximate surface area is 194 Å². The SMILES string of the molecule is [CH2]C[Si](O[Si](C)(C)O[Si](C)(C)C)(O[Si](C)(C)O[Si](C)(C)C)O[Si](C)(C)O[Si](C)(C)C. The van der Waals surface area contributed by atoms with Crippen molar-refractivity contribution in [2.75, 3.05) is 0 Å². The molecule has 30 heavy (non-hydrogen) atoms. The van der Waals surface area contributed by atoms with Gasteiger partial charge in [0.25, 0.3) is 0 Å². The van der Waals surface area contributed by atoms with Gasteiger partial charge in [0.05, 0.1) is 0 Å². The second kappa shape index (κ2) is 10.3. The molecule has 0 fully saturated rings. The van der Waals surface area contributed by atoms with Crippen molar-refractivity contribution in [3.8, 4) is 0 Å². The summed E-state index contributed by atoms with van der Waals surface area (Å²) in [6, 6.07) is 0.426. The number of hydrogen-bond acceptors (Lipinski definition) is 6. The summed E-state index contributed by atoms with van der Waals surface area (Å²) in [4.78, 5) is 0. The minimum atomic E-state index is -3.21. The van der Waals surface area contributed by atoms with Crippen LogP contribution in [-0.4, -0.2) is 59.4 Å². The Hall–Kier alpha value is 1.28. The summed E-state index contributed by atoms with van der Waals surface area (Å²) in [6.45, 7) is 36.3. The molecule has 0 saturated carbocycles. The van der Waals surface area contributed by atoms with Gasteiger partial charge in [-0.1, -0.05) is 0 Å². The molecular formula is C17H49O6Si7. The summed E-state index contributed by atoms with van der Waals surface area (Å²) >= 11 is 0. The zero-order valence-corrected chi connectivity index (χ0v) is 29.4. The van der Waals surface area contributed by atoms with Gasteiger partial charge in [-0.25, -0.2) is 0 Å². The highest BCUT2D eigenvalue weighted by atomic mass is 28.5. The molecule has 0 spiro atoms. The van der Waals surface area contributed by atoms with Gasteiger partial charge in [0, 0.05) is 6.04 Å². The minimum Gasteiger partial charge on any atom is -0.437 e. The van der Waals surface area contributed by atoms with Crippen molar-refractivity contribution < 1.29 is 24.7 Å². The molecule has 0 N–H and O–H groups in total. The first-order chi connectivity index (χ1) is 12.8.